The van der Waals surface area contributed by atoms with Gasteiger partial charge in [0, 0.05) is 6.61 Å². The van der Waals surface area contributed by atoms with Crippen molar-refractivity contribution in [2.45, 2.75) is 38.2 Å². The molecule has 1 amide bonds. The highest BCUT2D eigenvalue weighted by molar-refractivity contribution is 6.22. The summed E-state index contributed by atoms with van der Waals surface area (Å²) in [4.78, 5) is 23.4. The number of aliphatic hydroxyl groups excluding tert-OH is 1. The van der Waals surface area contributed by atoms with Gasteiger partial charge in [-0.2, -0.15) is 0 Å². The van der Waals surface area contributed by atoms with Crippen LogP contribution in [0.15, 0.2) is 30.3 Å². The highest BCUT2D eigenvalue weighted by Gasteiger charge is 2.34. The summed E-state index contributed by atoms with van der Waals surface area (Å²) >= 11 is 6.02. The molecule has 0 saturated carbocycles. The van der Waals surface area contributed by atoms with Crippen molar-refractivity contribution in [3.8, 4) is 0 Å². The standard InChI is InChI=1S/C16H22ClNO6/c1-3-22-14(12(17)13(19)15(20)23-4-2)18-16(21)24-10-11-8-6-5-7-9-11/h5-9,12-14,19H,3-4,10H2,1-2H3,(H,18,21)/t12-,13+,14?/m1/s1. The normalized spacial score (nSPS) is 14.3. The Morgan fingerprint density at radius 3 is 2.42 bits per heavy atom. The third kappa shape index (κ3) is 6.74. The smallest absolute Gasteiger partial charge is 0.409 e. The largest absolute Gasteiger partial charge is 0.464 e. The van der Waals surface area contributed by atoms with E-state index in [1.807, 2.05) is 30.3 Å². The average molecular weight is 360 g/mol. The van der Waals surface area contributed by atoms with E-state index in [9.17, 15) is 14.7 Å². The zero-order chi connectivity index (χ0) is 17.9. The van der Waals surface area contributed by atoms with Crippen LogP contribution >= 0.6 is 11.6 Å². The number of alkyl halides is 1. The first-order chi connectivity index (χ1) is 11.5. The van der Waals surface area contributed by atoms with Gasteiger partial charge in [0.15, 0.2) is 12.3 Å². The van der Waals surface area contributed by atoms with E-state index in [4.69, 9.17) is 25.8 Å². The highest BCUT2D eigenvalue weighted by atomic mass is 35.5. The summed E-state index contributed by atoms with van der Waals surface area (Å²) in [5.41, 5.74) is 0.814. The van der Waals surface area contributed by atoms with E-state index >= 15 is 0 Å². The van der Waals surface area contributed by atoms with Crippen LogP contribution in [0, 0.1) is 0 Å². The summed E-state index contributed by atoms with van der Waals surface area (Å²) in [6.07, 6.45) is -3.53. The fraction of sp³-hybridized carbons (Fsp3) is 0.500. The van der Waals surface area contributed by atoms with Gasteiger partial charge in [0.2, 0.25) is 0 Å². The van der Waals surface area contributed by atoms with Crippen LogP contribution in [-0.4, -0.2) is 48.1 Å². The molecule has 134 valence electrons. The van der Waals surface area contributed by atoms with Crippen LogP contribution in [0.25, 0.3) is 0 Å². The average Bonchev–Trinajstić information content (AvgIpc) is 2.59. The molecule has 0 radical (unpaired) electrons. The lowest BCUT2D eigenvalue weighted by atomic mass is 10.2. The molecular weight excluding hydrogens is 338 g/mol. The monoisotopic (exact) mass is 359 g/mol. The number of aliphatic hydroxyl groups is 1. The Balaban J connectivity index is 2.57. The minimum absolute atomic E-state index is 0.0684. The Bertz CT molecular complexity index is 513. The number of ether oxygens (including phenoxy) is 3. The summed E-state index contributed by atoms with van der Waals surface area (Å²) in [5, 5.41) is 11.0. The van der Waals surface area contributed by atoms with E-state index in [0.29, 0.717) is 0 Å². The van der Waals surface area contributed by atoms with E-state index < -0.39 is 29.8 Å². The van der Waals surface area contributed by atoms with Crippen molar-refractivity contribution in [2.24, 2.45) is 0 Å². The van der Waals surface area contributed by atoms with E-state index in [1.165, 1.54) is 0 Å². The van der Waals surface area contributed by atoms with Gasteiger partial charge in [-0.25, -0.2) is 9.59 Å². The fourth-order valence-corrected chi connectivity index (χ4v) is 2.04. The molecule has 0 heterocycles. The van der Waals surface area contributed by atoms with Gasteiger partial charge in [-0.3, -0.25) is 5.32 Å². The molecule has 2 N–H and O–H groups in total. The second-order valence-electron chi connectivity index (χ2n) is 4.72. The molecule has 0 aliphatic rings. The summed E-state index contributed by atoms with van der Waals surface area (Å²) in [6, 6.07) is 9.11. The van der Waals surface area contributed by atoms with Crippen LogP contribution in [-0.2, 0) is 25.6 Å². The molecule has 3 atom stereocenters. The molecule has 0 aliphatic heterocycles. The summed E-state index contributed by atoms with van der Waals surface area (Å²) in [6.45, 7) is 3.67. The minimum Gasteiger partial charge on any atom is -0.464 e. The number of carbonyl (C=O) groups is 2. The van der Waals surface area contributed by atoms with Crippen molar-refractivity contribution in [3.63, 3.8) is 0 Å². The number of nitrogens with one attached hydrogen (secondary N) is 1. The summed E-state index contributed by atoms with van der Waals surface area (Å²) in [5.74, 6) is -0.887. The van der Waals surface area contributed by atoms with Gasteiger partial charge in [-0.1, -0.05) is 30.3 Å². The highest BCUT2D eigenvalue weighted by Crippen LogP contribution is 2.12. The Morgan fingerprint density at radius 1 is 1.17 bits per heavy atom. The van der Waals surface area contributed by atoms with Gasteiger partial charge in [0.1, 0.15) is 12.0 Å². The summed E-state index contributed by atoms with van der Waals surface area (Å²) in [7, 11) is 0. The number of rotatable bonds is 9. The molecule has 0 saturated heterocycles. The van der Waals surface area contributed by atoms with E-state index in [0.717, 1.165) is 5.56 Å². The molecule has 0 fully saturated rings. The lowest BCUT2D eigenvalue weighted by molar-refractivity contribution is -0.155. The topological polar surface area (TPSA) is 94.1 Å². The minimum atomic E-state index is -1.64. The van der Waals surface area contributed by atoms with Crippen molar-refractivity contribution in [1.29, 1.82) is 0 Å². The van der Waals surface area contributed by atoms with Gasteiger partial charge in [0.25, 0.3) is 0 Å². The number of hydrogen-bond acceptors (Lipinski definition) is 6. The van der Waals surface area contributed by atoms with Crippen LogP contribution < -0.4 is 5.32 Å². The van der Waals surface area contributed by atoms with Crippen molar-refractivity contribution in [2.75, 3.05) is 13.2 Å². The number of hydrogen-bond donors (Lipinski definition) is 2. The van der Waals surface area contributed by atoms with Crippen LogP contribution in [0.5, 0.6) is 0 Å². The van der Waals surface area contributed by atoms with Gasteiger partial charge in [0.05, 0.1) is 6.61 Å². The first-order valence-corrected chi connectivity index (χ1v) is 8.00. The molecular formula is C16H22ClNO6. The van der Waals surface area contributed by atoms with Crippen LogP contribution in [0.2, 0.25) is 0 Å². The van der Waals surface area contributed by atoms with Gasteiger partial charge >= 0.3 is 12.1 Å². The maximum atomic E-state index is 11.9. The quantitative estimate of drug-likeness (QED) is 0.397. The number of halogens is 1. The number of benzene rings is 1. The molecule has 0 spiro atoms. The molecule has 1 rings (SSSR count). The molecule has 1 unspecified atom stereocenters. The zero-order valence-corrected chi connectivity index (χ0v) is 14.4. The molecule has 0 aliphatic carbocycles. The van der Waals surface area contributed by atoms with Crippen LogP contribution in [0.1, 0.15) is 19.4 Å². The third-order valence-corrected chi connectivity index (χ3v) is 3.41. The molecule has 1 aromatic carbocycles. The summed E-state index contributed by atoms with van der Waals surface area (Å²) < 4.78 is 15.0. The Labute approximate surface area is 145 Å². The number of esters is 1. The van der Waals surface area contributed by atoms with Gasteiger partial charge in [-0.05, 0) is 19.4 Å². The second-order valence-corrected chi connectivity index (χ2v) is 5.23. The Kier molecular flexibility index (Phi) is 9.14. The van der Waals surface area contributed by atoms with Crippen LogP contribution in [0.3, 0.4) is 0 Å². The molecule has 24 heavy (non-hydrogen) atoms. The van der Waals surface area contributed by atoms with Crippen molar-refractivity contribution in [3.05, 3.63) is 35.9 Å². The second kappa shape index (κ2) is 10.9. The first-order valence-electron chi connectivity index (χ1n) is 7.57. The van der Waals surface area contributed by atoms with Crippen molar-refractivity contribution < 1.29 is 28.9 Å². The van der Waals surface area contributed by atoms with E-state index in [2.05, 4.69) is 5.32 Å². The van der Waals surface area contributed by atoms with Crippen LogP contribution in [0.4, 0.5) is 4.79 Å². The van der Waals surface area contributed by atoms with Crippen molar-refractivity contribution >= 4 is 23.7 Å². The lowest BCUT2D eigenvalue weighted by Gasteiger charge is -2.25. The first kappa shape index (κ1) is 20.2. The van der Waals surface area contributed by atoms with E-state index in [-0.39, 0.29) is 19.8 Å². The molecule has 0 aromatic heterocycles. The van der Waals surface area contributed by atoms with Gasteiger partial charge < -0.3 is 19.3 Å². The fourth-order valence-electron chi connectivity index (χ4n) is 1.80. The lowest BCUT2D eigenvalue weighted by Crippen LogP contribution is -2.50. The molecule has 1 aromatic rings. The maximum Gasteiger partial charge on any atom is 0.409 e. The number of amides is 1. The Hall–Kier alpha value is -1.83. The van der Waals surface area contributed by atoms with Crippen molar-refractivity contribution in [1.82, 2.24) is 5.32 Å². The van der Waals surface area contributed by atoms with E-state index in [1.54, 1.807) is 13.8 Å². The van der Waals surface area contributed by atoms with Gasteiger partial charge in [-0.15, -0.1) is 11.6 Å². The predicted molar refractivity (Wildman–Crippen MR) is 87.5 cm³/mol. The predicted octanol–water partition coefficient (Wildman–Crippen LogP) is 1.81. The maximum absolute atomic E-state index is 11.9. The number of carbonyl (C=O) groups excluding carboxylic acids is 2. The molecule has 7 nitrogen and oxygen atoms in total. The number of alkyl carbamates (subject to hydrolysis) is 1. The third-order valence-electron chi connectivity index (χ3n) is 2.94. The molecule has 0 bridgehead atoms. The Morgan fingerprint density at radius 2 is 1.83 bits per heavy atom. The molecule has 8 heteroatoms. The zero-order valence-electron chi connectivity index (χ0n) is 13.6. The SMILES string of the molecule is CCOC(=O)[C@@H](O)[C@@H](Cl)C(NC(=O)OCc1ccccc1)OCC.